The average molecular weight is 397 g/mol. The van der Waals surface area contributed by atoms with E-state index in [9.17, 15) is 9.59 Å². The molecule has 0 spiro atoms. The minimum absolute atomic E-state index is 0.0440. The Morgan fingerprint density at radius 2 is 1.93 bits per heavy atom. The Hall–Kier alpha value is -2.63. The van der Waals surface area contributed by atoms with E-state index in [1.807, 2.05) is 54.1 Å². The first kappa shape index (κ1) is 21.1. The Morgan fingerprint density at radius 1 is 1.21 bits per heavy atom. The highest BCUT2D eigenvalue weighted by atomic mass is 16.2. The lowest BCUT2D eigenvalue weighted by Gasteiger charge is -2.33. The topological polar surface area (TPSA) is 69.3 Å². The van der Waals surface area contributed by atoms with Crippen molar-refractivity contribution in [1.29, 1.82) is 0 Å². The van der Waals surface area contributed by atoms with E-state index in [1.54, 1.807) is 0 Å². The first-order chi connectivity index (χ1) is 14.1. The molecule has 0 saturated carbocycles. The predicted octanol–water partition coefficient (Wildman–Crippen LogP) is 3.51. The standard InChI is InChI=1S/C23H32N4O2/c1-3-8-22(28)27-15-12-19(13-16-27)23(29)26(2)14-7-11-20-17-21(25-24-20)18-9-5-4-6-10-18/h4-6,9-10,17,19H,3,7-8,11-16H2,1-2H3,(H,24,25). The molecule has 6 nitrogen and oxygen atoms in total. The van der Waals surface area contributed by atoms with E-state index < -0.39 is 0 Å². The van der Waals surface area contributed by atoms with Crippen LogP contribution in [0.15, 0.2) is 36.4 Å². The second-order valence-corrected chi connectivity index (χ2v) is 7.91. The van der Waals surface area contributed by atoms with Crippen molar-refractivity contribution in [2.75, 3.05) is 26.7 Å². The third kappa shape index (κ3) is 5.68. The van der Waals surface area contributed by atoms with Crippen LogP contribution in [0.1, 0.15) is 44.7 Å². The van der Waals surface area contributed by atoms with Gasteiger partial charge in [-0.05, 0) is 38.2 Å². The summed E-state index contributed by atoms with van der Waals surface area (Å²) in [6.45, 7) is 4.17. The van der Waals surface area contributed by atoms with E-state index in [0.29, 0.717) is 19.5 Å². The highest BCUT2D eigenvalue weighted by Gasteiger charge is 2.28. The molecule has 1 fully saturated rings. The Labute approximate surface area is 173 Å². The van der Waals surface area contributed by atoms with Gasteiger partial charge in [-0.1, -0.05) is 37.3 Å². The summed E-state index contributed by atoms with van der Waals surface area (Å²) in [6.07, 6.45) is 4.80. The molecule has 3 rings (SSSR count). The first-order valence-corrected chi connectivity index (χ1v) is 10.7. The van der Waals surface area contributed by atoms with Gasteiger partial charge in [-0.25, -0.2) is 0 Å². The van der Waals surface area contributed by atoms with E-state index in [4.69, 9.17) is 0 Å². The summed E-state index contributed by atoms with van der Waals surface area (Å²) in [7, 11) is 1.89. The third-order valence-corrected chi connectivity index (χ3v) is 5.68. The van der Waals surface area contributed by atoms with Crippen LogP contribution >= 0.6 is 0 Å². The van der Waals surface area contributed by atoms with Gasteiger partial charge in [0.15, 0.2) is 0 Å². The van der Waals surface area contributed by atoms with Crippen LogP contribution in [0.5, 0.6) is 0 Å². The maximum Gasteiger partial charge on any atom is 0.225 e. The summed E-state index contributed by atoms with van der Waals surface area (Å²) >= 11 is 0. The lowest BCUT2D eigenvalue weighted by Crippen LogP contribution is -2.43. The molecular formula is C23H32N4O2. The fourth-order valence-electron chi connectivity index (χ4n) is 3.92. The highest BCUT2D eigenvalue weighted by Crippen LogP contribution is 2.21. The molecule has 0 bridgehead atoms. The smallest absolute Gasteiger partial charge is 0.225 e. The van der Waals surface area contributed by atoms with Crippen LogP contribution in [-0.2, 0) is 16.0 Å². The molecule has 1 saturated heterocycles. The molecule has 1 N–H and O–H groups in total. The summed E-state index contributed by atoms with van der Waals surface area (Å²) in [5.74, 6) is 0.478. The van der Waals surface area contributed by atoms with Gasteiger partial charge in [0, 0.05) is 50.3 Å². The van der Waals surface area contributed by atoms with E-state index in [2.05, 4.69) is 16.3 Å². The molecule has 1 aromatic heterocycles. The Balaban J connectivity index is 1.41. The van der Waals surface area contributed by atoms with Crippen molar-refractivity contribution in [2.45, 2.75) is 45.4 Å². The number of aryl methyl sites for hydroxylation is 1. The molecular weight excluding hydrogens is 364 g/mol. The predicted molar refractivity (Wildman–Crippen MR) is 114 cm³/mol. The van der Waals surface area contributed by atoms with Crippen LogP contribution in [0.3, 0.4) is 0 Å². The van der Waals surface area contributed by atoms with Gasteiger partial charge in [0.2, 0.25) is 11.8 Å². The van der Waals surface area contributed by atoms with E-state index in [0.717, 1.165) is 55.6 Å². The van der Waals surface area contributed by atoms with Gasteiger partial charge in [-0.2, -0.15) is 5.10 Å². The number of likely N-dealkylation sites (tertiary alicyclic amines) is 1. The molecule has 1 aliphatic rings. The summed E-state index contributed by atoms with van der Waals surface area (Å²) in [4.78, 5) is 28.5. The van der Waals surface area contributed by atoms with Crippen molar-refractivity contribution in [1.82, 2.24) is 20.0 Å². The number of nitrogens with zero attached hydrogens (tertiary/aromatic N) is 3. The van der Waals surface area contributed by atoms with Crippen LogP contribution < -0.4 is 0 Å². The van der Waals surface area contributed by atoms with Gasteiger partial charge in [0.1, 0.15) is 0 Å². The molecule has 1 aliphatic heterocycles. The van der Waals surface area contributed by atoms with Gasteiger partial charge in [0.25, 0.3) is 0 Å². The number of benzene rings is 1. The molecule has 0 aliphatic carbocycles. The molecule has 0 unspecified atom stereocenters. The number of amides is 2. The summed E-state index contributed by atoms with van der Waals surface area (Å²) in [5, 5.41) is 7.49. The third-order valence-electron chi connectivity index (χ3n) is 5.68. The minimum Gasteiger partial charge on any atom is -0.346 e. The minimum atomic E-state index is 0.0440. The molecule has 2 aromatic rings. The molecule has 29 heavy (non-hydrogen) atoms. The van der Waals surface area contributed by atoms with E-state index >= 15 is 0 Å². The fourth-order valence-corrected chi connectivity index (χ4v) is 3.92. The number of H-pyrrole nitrogens is 1. The maximum absolute atomic E-state index is 12.7. The Kier molecular flexibility index (Phi) is 7.44. The Bertz CT molecular complexity index is 794. The number of hydrogen-bond donors (Lipinski definition) is 1. The largest absolute Gasteiger partial charge is 0.346 e. The number of nitrogens with one attached hydrogen (secondary N) is 1. The van der Waals surface area contributed by atoms with Gasteiger partial charge >= 0.3 is 0 Å². The molecule has 2 amide bonds. The van der Waals surface area contributed by atoms with Crippen molar-refractivity contribution in [2.24, 2.45) is 5.92 Å². The number of piperidine rings is 1. The van der Waals surface area contributed by atoms with Crippen LogP contribution in [0.2, 0.25) is 0 Å². The van der Waals surface area contributed by atoms with Crippen molar-refractivity contribution < 1.29 is 9.59 Å². The molecule has 0 radical (unpaired) electrons. The zero-order valence-electron chi connectivity index (χ0n) is 17.6. The van der Waals surface area contributed by atoms with E-state index in [-0.39, 0.29) is 17.7 Å². The monoisotopic (exact) mass is 396 g/mol. The number of hydrogen-bond acceptors (Lipinski definition) is 3. The van der Waals surface area contributed by atoms with Crippen LogP contribution in [-0.4, -0.2) is 58.5 Å². The number of rotatable bonds is 8. The van der Waals surface area contributed by atoms with Gasteiger partial charge in [0.05, 0.1) is 5.69 Å². The van der Waals surface area contributed by atoms with Gasteiger partial charge < -0.3 is 9.80 Å². The lowest BCUT2D eigenvalue weighted by molar-refractivity contribution is -0.139. The normalized spacial score (nSPS) is 14.8. The SMILES string of the molecule is CCCC(=O)N1CCC(C(=O)N(C)CCCc2cc(-c3ccccc3)n[nH]2)CC1. The van der Waals surface area contributed by atoms with Crippen molar-refractivity contribution >= 4 is 11.8 Å². The van der Waals surface area contributed by atoms with Crippen molar-refractivity contribution in [3.8, 4) is 11.3 Å². The second kappa shape index (κ2) is 10.2. The van der Waals surface area contributed by atoms with Crippen LogP contribution in [0.25, 0.3) is 11.3 Å². The van der Waals surface area contributed by atoms with Crippen molar-refractivity contribution in [3.63, 3.8) is 0 Å². The zero-order valence-corrected chi connectivity index (χ0v) is 17.6. The molecule has 156 valence electrons. The van der Waals surface area contributed by atoms with Gasteiger partial charge in [-0.15, -0.1) is 0 Å². The molecule has 1 aromatic carbocycles. The molecule has 6 heteroatoms. The lowest BCUT2D eigenvalue weighted by atomic mass is 9.95. The molecule has 0 atom stereocenters. The first-order valence-electron chi connectivity index (χ1n) is 10.7. The number of carbonyl (C=O) groups is 2. The molecule has 2 heterocycles. The number of aromatic amines is 1. The highest BCUT2D eigenvalue weighted by molar-refractivity contribution is 5.80. The van der Waals surface area contributed by atoms with Crippen LogP contribution in [0.4, 0.5) is 0 Å². The fraction of sp³-hybridized carbons (Fsp3) is 0.522. The van der Waals surface area contributed by atoms with E-state index in [1.165, 1.54) is 0 Å². The maximum atomic E-state index is 12.7. The van der Waals surface area contributed by atoms with Crippen LogP contribution in [0, 0.1) is 5.92 Å². The van der Waals surface area contributed by atoms with Gasteiger partial charge in [-0.3, -0.25) is 14.7 Å². The average Bonchev–Trinajstić information content (AvgIpc) is 3.23. The summed E-state index contributed by atoms with van der Waals surface area (Å²) < 4.78 is 0. The quantitative estimate of drug-likeness (QED) is 0.742. The number of aromatic nitrogens is 2. The number of carbonyl (C=O) groups excluding carboxylic acids is 2. The van der Waals surface area contributed by atoms with Crippen molar-refractivity contribution in [3.05, 3.63) is 42.1 Å². The second-order valence-electron chi connectivity index (χ2n) is 7.91. The summed E-state index contributed by atoms with van der Waals surface area (Å²) in [5.41, 5.74) is 3.15. The Morgan fingerprint density at radius 3 is 2.62 bits per heavy atom. The summed E-state index contributed by atoms with van der Waals surface area (Å²) in [6, 6.07) is 12.2. The zero-order chi connectivity index (χ0) is 20.6.